The Balaban J connectivity index is 1.75. The lowest BCUT2D eigenvalue weighted by molar-refractivity contribution is -0.253. The zero-order valence-corrected chi connectivity index (χ0v) is 21.4. The molecule has 1 N–H and O–H groups in total. The molecule has 0 unspecified atom stereocenters. The van der Waals surface area contributed by atoms with Crippen molar-refractivity contribution in [3.05, 3.63) is 60.7 Å². The van der Waals surface area contributed by atoms with Gasteiger partial charge in [-0.3, -0.25) is 0 Å². The minimum atomic E-state index is -2.82. The molecule has 0 bridgehead atoms. The smallest absolute Gasteiger partial charge is 0.261 e. The van der Waals surface area contributed by atoms with Gasteiger partial charge in [0.1, 0.15) is 17.8 Å². The molecule has 0 radical (unpaired) electrons. The van der Waals surface area contributed by atoms with Crippen LogP contribution in [0.4, 0.5) is 0 Å². The fourth-order valence-corrected chi connectivity index (χ4v) is 9.90. The molecule has 2 aromatic rings. The molecule has 2 aliphatic rings. The van der Waals surface area contributed by atoms with E-state index in [0.29, 0.717) is 0 Å². The number of aliphatic hydroxyl groups excluding tert-OH is 1. The highest BCUT2D eigenvalue weighted by Gasteiger charge is 2.63. The summed E-state index contributed by atoms with van der Waals surface area (Å²) in [5, 5.41) is 12.7. The van der Waals surface area contributed by atoms with E-state index in [4.69, 9.17) is 23.4 Å². The molecule has 4 rings (SSSR count). The molecule has 2 fully saturated rings. The van der Waals surface area contributed by atoms with Crippen LogP contribution in [0, 0.1) is 0 Å². The molecule has 0 amide bonds. The highest BCUT2D eigenvalue weighted by atomic mass is 28.4. The Bertz CT molecular complexity index is 889. The molecule has 2 aromatic carbocycles. The van der Waals surface area contributed by atoms with E-state index in [0.717, 1.165) is 10.4 Å². The van der Waals surface area contributed by atoms with Gasteiger partial charge in [-0.05, 0) is 29.3 Å². The minimum Gasteiger partial charge on any atom is -0.404 e. The fraction of sp³-hybridized carbons (Fsp3) is 0.538. The van der Waals surface area contributed by atoms with Gasteiger partial charge in [0.25, 0.3) is 8.32 Å². The molecule has 0 aliphatic carbocycles. The van der Waals surface area contributed by atoms with Crippen molar-refractivity contribution in [3.63, 3.8) is 0 Å². The number of fused-ring (bicyclic) bond motifs is 1. The lowest BCUT2D eigenvalue weighted by Crippen LogP contribution is -2.68. The summed E-state index contributed by atoms with van der Waals surface area (Å²) in [6, 6.07) is 20.8. The summed E-state index contributed by atoms with van der Waals surface area (Å²) in [6.45, 7) is 10.2. The molecule has 2 aliphatic heterocycles. The molecule has 6 nitrogen and oxygen atoms in total. The molecular weight excluding hydrogens is 436 g/mol. The maximum atomic E-state index is 10.6. The van der Waals surface area contributed by atoms with Crippen LogP contribution in [0.3, 0.4) is 0 Å². The van der Waals surface area contributed by atoms with Crippen LogP contribution in [0.25, 0.3) is 0 Å². The van der Waals surface area contributed by atoms with Crippen LogP contribution in [0.1, 0.15) is 34.6 Å². The van der Waals surface area contributed by atoms with Gasteiger partial charge in [-0.2, -0.15) is 0 Å². The molecule has 2 saturated heterocycles. The second-order valence-electron chi connectivity index (χ2n) is 10.4. The van der Waals surface area contributed by atoms with E-state index < -0.39 is 38.2 Å². The molecular formula is C26H36O6Si. The molecule has 7 heteroatoms. The Kier molecular flexibility index (Phi) is 6.61. The van der Waals surface area contributed by atoms with Crippen LogP contribution in [0.2, 0.25) is 5.04 Å². The summed E-state index contributed by atoms with van der Waals surface area (Å²) < 4.78 is 31.2. The van der Waals surface area contributed by atoms with Gasteiger partial charge in [0.05, 0.1) is 13.2 Å². The van der Waals surface area contributed by atoms with Crippen LogP contribution >= 0.6 is 0 Å². The second-order valence-corrected chi connectivity index (χ2v) is 14.7. The van der Waals surface area contributed by atoms with E-state index in [2.05, 4.69) is 69.3 Å². The number of benzene rings is 2. The van der Waals surface area contributed by atoms with Gasteiger partial charge in [0.15, 0.2) is 12.1 Å². The van der Waals surface area contributed by atoms with E-state index in [1.165, 1.54) is 0 Å². The van der Waals surface area contributed by atoms with E-state index in [-0.39, 0.29) is 18.3 Å². The standard InChI is InChI=1S/C26H36O6Si/c1-24(2,3)33(19-13-9-7-10-14-19,20-15-11-8-12-16-20)29-18-26(17-27)22(28-6)21-23(32-26)31-25(4,5)30-21/h7-16,21-23,27H,17-18H2,1-6H3/t21-,22-,23+,26-/m1/s1. The first-order valence-corrected chi connectivity index (χ1v) is 13.4. The molecule has 33 heavy (non-hydrogen) atoms. The summed E-state index contributed by atoms with van der Waals surface area (Å²) in [7, 11) is -1.21. The maximum Gasteiger partial charge on any atom is 0.261 e. The highest BCUT2D eigenvalue weighted by molar-refractivity contribution is 6.99. The molecule has 0 spiro atoms. The van der Waals surface area contributed by atoms with Gasteiger partial charge in [0.2, 0.25) is 0 Å². The first kappa shape index (κ1) is 24.5. The fourth-order valence-electron chi connectivity index (χ4n) is 5.28. The van der Waals surface area contributed by atoms with Crippen LogP contribution in [0.5, 0.6) is 0 Å². The van der Waals surface area contributed by atoms with E-state index in [1.807, 2.05) is 26.0 Å². The second kappa shape index (κ2) is 8.89. The van der Waals surface area contributed by atoms with Crippen LogP contribution < -0.4 is 10.4 Å². The number of aliphatic hydroxyl groups is 1. The predicted molar refractivity (Wildman–Crippen MR) is 129 cm³/mol. The SMILES string of the molecule is CO[C@@H]1[C@H]2OC(C)(C)O[C@H]2O[C@]1(CO)CO[Si](c1ccccc1)(c1ccccc1)C(C)(C)C. The maximum absolute atomic E-state index is 10.6. The van der Waals surface area contributed by atoms with Crippen LogP contribution in [-0.2, 0) is 23.4 Å². The first-order chi connectivity index (χ1) is 15.6. The zero-order valence-electron chi connectivity index (χ0n) is 20.4. The summed E-state index contributed by atoms with van der Waals surface area (Å²) in [5.41, 5.74) is -1.10. The Morgan fingerprint density at radius 1 is 0.909 bits per heavy atom. The van der Waals surface area contributed by atoms with E-state index in [9.17, 15) is 5.11 Å². The van der Waals surface area contributed by atoms with Crippen LogP contribution in [0.15, 0.2) is 60.7 Å². The van der Waals surface area contributed by atoms with Gasteiger partial charge in [-0.25, -0.2) is 0 Å². The zero-order chi connectivity index (χ0) is 23.9. The summed E-state index contributed by atoms with van der Waals surface area (Å²) in [4.78, 5) is 0. The van der Waals surface area contributed by atoms with Gasteiger partial charge in [-0.15, -0.1) is 0 Å². The van der Waals surface area contributed by atoms with Crippen molar-refractivity contribution in [3.8, 4) is 0 Å². The van der Waals surface area contributed by atoms with E-state index in [1.54, 1.807) is 7.11 Å². The number of rotatable bonds is 7. The third-order valence-corrected chi connectivity index (χ3v) is 11.7. The quantitative estimate of drug-likeness (QED) is 0.625. The highest BCUT2D eigenvalue weighted by Crippen LogP contribution is 2.45. The normalized spacial score (nSPS) is 29.2. The monoisotopic (exact) mass is 472 g/mol. The van der Waals surface area contributed by atoms with Crippen molar-refractivity contribution >= 4 is 18.7 Å². The number of methoxy groups -OCH3 is 1. The Labute approximate surface area is 197 Å². The van der Waals surface area contributed by atoms with Crippen LogP contribution in [-0.4, -0.2) is 63.6 Å². The van der Waals surface area contributed by atoms with Crippen molar-refractivity contribution in [1.82, 2.24) is 0 Å². The van der Waals surface area contributed by atoms with Crippen molar-refractivity contribution in [2.45, 2.75) is 69.5 Å². The molecule has 2 heterocycles. The third-order valence-electron chi connectivity index (χ3n) is 6.73. The average Bonchev–Trinajstić information content (AvgIpc) is 3.22. The van der Waals surface area contributed by atoms with Crippen molar-refractivity contribution in [2.24, 2.45) is 0 Å². The number of hydrogen-bond acceptors (Lipinski definition) is 6. The lowest BCUT2D eigenvalue weighted by atomic mass is 9.97. The first-order valence-electron chi connectivity index (χ1n) is 11.5. The largest absolute Gasteiger partial charge is 0.404 e. The topological polar surface area (TPSA) is 66.4 Å². The Morgan fingerprint density at radius 3 is 1.91 bits per heavy atom. The predicted octanol–water partition coefficient (Wildman–Crippen LogP) is 2.82. The van der Waals surface area contributed by atoms with Gasteiger partial charge in [0, 0.05) is 7.11 Å². The summed E-state index contributed by atoms with van der Waals surface area (Å²) >= 11 is 0. The van der Waals surface area contributed by atoms with Crippen molar-refractivity contribution < 1.29 is 28.5 Å². The average molecular weight is 473 g/mol. The summed E-state index contributed by atoms with van der Waals surface area (Å²) in [6.07, 6.45) is -1.60. The minimum absolute atomic E-state index is 0.148. The Morgan fingerprint density at radius 2 is 1.45 bits per heavy atom. The number of ether oxygens (including phenoxy) is 4. The number of hydrogen-bond donors (Lipinski definition) is 1. The third kappa shape index (κ3) is 4.21. The van der Waals surface area contributed by atoms with Gasteiger partial charge < -0.3 is 28.5 Å². The lowest BCUT2D eigenvalue weighted by Gasteiger charge is -2.45. The molecule has 0 saturated carbocycles. The van der Waals surface area contributed by atoms with E-state index >= 15 is 0 Å². The molecule has 4 atom stereocenters. The molecule has 0 aromatic heterocycles. The summed E-state index contributed by atoms with van der Waals surface area (Å²) in [5.74, 6) is -0.771. The van der Waals surface area contributed by atoms with Crippen molar-refractivity contribution in [1.29, 1.82) is 0 Å². The molecule has 180 valence electrons. The van der Waals surface area contributed by atoms with Crippen molar-refractivity contribution in [2.75, 3.05) is 20.3 Å². The Hall–Kier alpha value is -1.58. The van der Waals surface area contributed by atoms with Gasteiger partial charge in [-0.1, -0.05) is 81.4 Å². The van der Waals surface area contributed by atoms with Gasteiger partial charge >= 0.3 is 0 Å².